The van der Waals surface area contributed by atoms with Crippen molar-refractivity contribution in [2.75, 3.05) is 18.4 Å². The van der Waals surface area contributed by atoms with Crippen LogP contribution in [0.3, 0.4) is 0 Å². The summed E-state index contributed by atoms with van der Waals surface area (Å²) in [6, 6.07) is 24.5. The van der Waals surface area contributed by atoms with Gasteiger partial charge in [0.2, 0.25) is 5.91 Å². The van der Waals surface area contributed by atoms with Crippen LogP contribution in [-0.2, 0) is 11.3 Å². The van der Waals surface area contributed by atoms with E-state index in [2.05, 4.69) is 61.0 Å². The van der Waals surface area contributed by atoms with Gasteiger partial charge in [0.05, 0.1) is 23.5 Å². The third-order valence-corrected chi connectivity index (χ3v) is 6.83. The summed E-state index contributed by atoms with van der Waals surface area (Å²) in [6.45, 7) is 4.43. The molecule has 0 aliphatic carbocycles. The number of amides is 1. The predicted molar refractivity (Wildman–Crippen MR) is 137 cm³/mol. The first-order valence-corrected chi connectivity index (χ1v) is 12.2. The number of anilines is 1. The fourth-order valence-corrected chi connectivity index (χ4v) is 5.03. The molecule has 1 aliphatic heterocycles. The number of aryl methyl sites for hydroxylation is 1. The number of halogens is 1. The number of nitrogens with zero attached hydrogens (tertiary/aromatic N) is 3. The number of nitrogens with one attached hydrogen (secondary N) is 1. The molecule has 1 amide bonds. The maximum Gasteiger partial charge on any atom is 0.228 e. The predicted octanol–water partition coefficient (Wildman–Crippen LogP) is 5.95. The Morgan fingerprint density at radius 2 is 1.91 bits per heavy atom. The standard InChI is InChI=1S/C27H27BrN4O/c1-19-8-2-3-12-23(19)30-27(33)20-9-7-15-31(17-20)18-26-29-24-13-4-5-14-25(24)32(26)22-11-6-10-21(28)16-22/h2-6,8,10-14,16,20H,7,9,15,17-18H2,1H3,(H,30,33)/t20-/m0/s1. The maximum atomic E-state index is 13.0. The number of para-hydroxylation sites is 3. The molecule has 1 saturated heterocycles. The average Bonchev–Trinajstić information content (AvgIpc) is 3.18. The molecule has 6 heteroatoms. The molecule has 3 aromatic carbocycles. The smallest absolute Gasteiger partial charge is 0.228 e. The van der Waals surface area contributed by atoms with Crippen molar-refractivity contribution in [2.45, 2.75) is 26.3 Å². The minimum atomic E-state index is -0.0259. The molecule has 168 valence electrons. The Labute approximate surface area is 202 Å². The van der Waals surface area contributed by atoms with Crippen LogP contribution in [-0.4, -0.2) is 33.4 Å². The van der Waals surface area contributed by atoms with Crippen LogP contribution in [0.25, 0.3) is 16.7 Å². The van der Waals surface area contributed by atoms with Crippen molar-refractivity contribution in [1.82, 2.24) is 14.5 Å². The van der Waals surface area contributed by atoms with Crippen LogP contribution < -0.4 is 5.32 Å². The minimum absolute atomic E-state index is 0.0259. The summed E-state index contributed by atoms with van der Waals surface area (Å²) < 4.78 is 3.27. The molecule has 1 atom stereocenters. The lowest BCUT2D eigenvalue weighted by molar-refractivity contribution is -0.121. The molecular formula is C27H27BrN4O. The Bertz CT molecular complexity index is 1300. The first kappa shape index (κ1) is 21.9. The topological polar surface area (TPSA) is 50.2 Å². The van der Waals surface area contributed by atoms with Gasteiger partial charge in [-0.15, -0.1) is 0 Å². The number of aromatic nitrogens is 2. The molecule has 0 unspecified atom stereocenters. The second-order valence-corrected chi connectivity index (χ2v) is 9.63. The molecule has 0 radical (unpaired) electrons. The Hall–Kier alpha value is -2.96. The normalized spacial score (nSPS) is 16.7. The molecule has 1 N–H and O–H groups in total. The third-order valence-electron chi connectivity index (χ3n) is 6.34. The van der Waals surface area contributed by atoms with E-state index in [0.29, 0.717) is 6.54 Å². The Morgan fingerprint density at radius 1 is 1.09 bits per heavy atom. The quantitative estimate of drug-likeness (QED) is 0.366. The van der Waals surface area contributed by atoms with Gasteiger partial charge in [-0.05, 0) is 68.3 Å². The molecule has 33 heavy (non-hydrogen) atoms. The van der Waals surface area contributed by atoms with E-state index in [0.717, 1.165) is 64.2 Å². The molecule has 0 saturated carbocycles. The zero-order valence-electron chi connectivity index (χ0n) is 18.7. The molecule has 5 rings (SSSR count). The van der Waals surface area contributed by atoms with E-state index < -0.39 is 0 Å². The van der Waals surface area contributed by atoms with Gasteiger partial charge in [0.15, 0.2) is 0 Å². The summed E-state index contributed by atoms with van der Waals surface area (Å²) in [5.74, 6) is 1.07. The van der Waals surface area contributed by atoms with Crippen LogP contribution in [0.1, 0.15) is 24.2 Å². The van der Waals surface area contributed by atoms with E-state index >= 15 is 0 Å². The highest BCUT2D eigenvalue weighted by Gasteiger charge is 2.27. The largest absolute Gasteiger partial charge is 0.326 e. The van der Waals surface area contributed by atoms with Crippen LogP contribution in [0.15, 0.2) is 77.3 Å². The Balaban J connectivity index is 1.38. The summed E-state index contributed by atoms with van der Waals surface area (Å²) in [5.41, 5.74) is 5.14. The molecular weight excluding hydrogens is 476 g/mol. The third kappa shape index (κ3) is 4.72. The highest BCUT2D eigenvalue weighted by atomic mass is 79.9. The first-order valence-electron chi connectivity index (χ1n) is 11.4. The van der Waals surface area contributed by atoms with Crippen LogP contribution in [0.2, 0.25) is 0 Å². The summed E-state index contributed by atoms with van der Waals surface area (Å²) >= 11 is 3.60. The average molecular weight is 503 g/mol. The van der Waals surface area contributed by atoms with Gasteiger partial charge in [-0.25, -0.2) is 4.98 Å². The number of carbonyl (C=O) groups is 1. The zero-order valence-corrected chi connectivity index (χ0v) is 20.3. The van der Waals surface area contributed by atoms with Gasteiger partial charge in [0.1, 0.15) is 5.82 Å². The second kappa shape index (κ2) is 9.49. The lowest BCUT2D eigenvalue weighted by Gasteiger charge is -2.32. The fraction of sp³-hybridized carbons (Fsp3) is 0.259. The number of imidazole rings is 1. The molecule has 0 bridgehead atoms. The van der Waals surface area contributed by atoms with E-state index in [1.807, 2.05) is 49.4 Å². The van der Waals surface area contributed by atoms with Gasteiger partial charge >= 0.3 is 0 Å². The van der Waals surface area contributed by atoms with Gasteiger partial charge in [-0.1, -0.05) is 52.3 Å². The number of benzene rings is 3. The van der Waals surface area contributed by atoms with Crippen molar-refractivity contribution in [3.05, 3.63) is 88.7 Å². The number of hydrogen-bond donors (Lipinski definition) is 1. The van der Waals surface area contributed by atoms with Crippen LogP contribution in [0.5, 0.6) is 0 Å². The Kier molecular flexibility index (Phi) is 6.29. The van der Waals surface area contributed by atoms with E-state index in [9.17, 15) is 4.79 Å². The molecule has 1 fully saturated rings. The first-order chi connectivity index (χ1) is 16.1. The zero-order chi connectivity index (χ0) is 22.8. The van der Waals surface area contributed by atoms with Crippen molar-refractivity contribution in [1.29, 1.82) is 0 Å². The van der Waals surface area contributed by atoms with E-state index in [4.69, 9.17) is 4.98 Å². The molecule has 1 aromatic heterocycles. The van der Waals surface area contributed by atoms with Crippen molar-refractivity contribution < 1.29 is 4.79 Å². The van der Waals surface area contributed by atoms with Gasteiger partial charge in [-0.2, -0.15) is 0 Å². The monoisotopic (exact) mass is 502 g/mol. The molecule has 1 aliphatic rings. The fourth-order valence-electron chi connectivity index (χ4n) is 4.65. The van der Waals surface area contributed by atoms with Crippen molar-refractivity contribution in [2.24, 2.45) is 5.92 Å². The maximum absolute atomic E-state index is 13.0. The number of carbonyl (C=O) groups excluding carboxylic acids is 1. The highest BCUT2D eigenvalue weighted by molar-refractivity contribution is 9.10. The lowest BCUT2D eigenvalue weighted by Crippen LogP contribution is -2.40. The number of rotatable bonds is 5. The minimum Gasteiger partial charge on any atom is -0.326 e. The number of fused-ring (bicyclic) bond motifs is 1. The molecule has 2 heterocycles. The van der Waals surface area contributed by atoms with Gasteiger partial charge < -0.3 is 5.32 Å². The van der Waals surface area contributed by atoms with E-state index in [1.165, 1.54) is 0 Å². The second-order valence-electron chi connectivity index (χ2n) is 8.71. The van der Waals surface area contributed by atoms with Crippen LogP contribution in [0, 0.1) is 12.8 Å². The van der Waals surface area contributed by atoms with E-state index in [1.54, 1.807) is 0 Å². The summed E-state index contributed by atoms with van der Waals surface area (Å²) in [4.78, 5) is 20.4. The van der Waals surface area contributed by atoms with Crippen LogP contribution in [0.4, 0.5) is 5.69 Å². The summed E-state index contributed by atoms with van der Waals surface area (Å²) in [7, 11) is 0. The van der Waals surface area contributed by atoms with Gasteiger partial charge in [-0.3, -0.25) is 14.3 Å². The number of piperidine rings is 1. The molecule has 4 aromatic rings. The van der Waals surface area contributed by atoms with E-state index in [-0.39, 0.29) is 11.8 Å². The SMILES string of the molecule is Cc1ccccc1NC(=O)[C@H]1CCCN(Cc2nc3ccccc3n2-c2cccc(Br)c2)C1. The van der Waals surface area contributed by atoms with Gasteiger partial charge in [0.25, 0.3) is 0 Å². The van der Waals surface area contributed by atoms with Crippen molar-refractivity contribution in [3.63, 3.8) is 0 Å². The highest BCUT2D eigenvalue weighted by Crippen LogP contribution is 2.26. The number of hydrogen-bond acceptors (Lipinski definition) is 3. The molecule has 5 nitrogen and oxygen atoms in total. The van der Waals surface area contributed by atoms with Crippen LogP contribution >= 0.6 is 15.9 Å². The summed E-state index contributed by atoms with van der Waals surface area (Å²) in [6.07, 6.45) is 1.92. The summed E-state index contributed by atoms with van der Waals surface area (Å²) in [5, 5.41) is 3.14. The van der Waals surface area contributed by atoms with Gasteiger partial charge in [0, 0.05) is 22.4 Å². The Morgan fingerprint density at radius 3 is 2.76 bits per heavy atom. The van der Waals surface area contributed by atoms with Crippen molar-refractivity contribution in [3.8, 4) is 5.69 Å². The lowest BCUT2D eigenvalue weighted by atomic mass is 9.97. The molecule has 0 spiro atoms. The number of likely N-dealkylation sites (tertiary alicyclic amines) is 1. The van der Waals surface area contributed by atoms with Crippen molar-refractivity contribution >= 4 is 38.6 Å².